The average molecular weight is 387 g/mol. The van der Waals surface area contributed by atoms with E-state index in [9.17, 15) is 23.1 Å². The number of amides is 1. The number of thiazole rings is 1. The highest BCUT2D eigenvalue weighted by Gasteiger charge is 2.37. The molecule has 9 nitrogen and oxygen atoms in total. The van der Waals surface area contributed by atoms with Gasteiger partial charge in [0.05, 0.1) is 11.1 Å². The molecule has 130 valence electrons. The van der Waals surface area contributed by atoms with E-state index in [1.807, 2.05) is 0 Å². The van der Waals surface area contributed by atoms with Crippen molar-refractivity contribution in [1.29, 1.82) is 0 Å². The smallest absolute Gasteiger partial charge is 0.347 e. The number of nitrogens with zero attached hydrogens (tertiary/aromatic N) is 2. The summed E-state index contributed by atoms with van der Waals surface area (Å²) in [5.74, 6) is -2.63. The van der Waals surface area contributed by atoms with Crippen LogP contribution in [0.2, 0.25) is 0 Å². The fourth-order valence-electron chi connectivity index (χ4n) is 2.27. The van der Waals surface area contributed by atoms with Gasteiger partial charge in [-0.25, -0.2) is 18.2 Å². The van der Waals surface area contributed by atoms with Crippen LogP contribution >= 0.6 is 11.3 Å². The van der Waals surface area contributed by atoms with Crippen molar-refractivity contribution in [2.75, 3.05) is 12.4 Å². The number of carboxylic acid groups (broad SMARTS) is 1. The number of likely N-dealkylation sites (N-methyl/N-ethyl adjacent to an activating group) is 1. The number of carbonyl (C=O) groups excluding carboxylic acids is 1. The van der Waals surface area contributed by atoms with E-state index in [0.717, 1.165) is 13.2 Å². The van der Waals surface area contributed by atoms with Crippen molar-refractivity contribution >= 4 is 44.1 Å². The topological polar surface area (TPSA) is 137 Å². The van der Waals surface area contributed by atoms with Gasteiger partial charge in [0.25, 0.3) is 15.9 Å². The third-order valence-electron chi connectivity index (χ3n) is 3.47. The number of carbonyl (C=O) groups is 2. The zero-order valence-corrected chi connectivity index (χ0v) is 14.3. The lowest BCUT2D eigenvalue weighted by Gasteiger charge is -2.28. The number of hydrogen-bond donors (Lipinski definition) is 3. The van der Waals surface area contributed by atoms with E-state index < -0.39 is 33.4 Å². The van der Waals surface area contributed by atoms with E-state index >= 15 is 0 Å². The van der Waals surface area contributed by atoms with Crippen LogP contribution in [0.15, 0.2) is 41.1 Å². The molecule has 1 aliphatic heterocycles. The molecule has 2 aromatic rings. The van der Waals surface area contributed by atoms with Crippen LogP contribution in [0.25, 0.3) is 5.76 Å². The second-order valence-corrected chi connectivity index (χ2v) is 7.92. The van der Waals surface area contributed by atoms with Crippen LogP contribution in [0.5, 0.6) is 0 Å². The van der Waals surface area contributed by atoms with Crippen LogP contribution in [-0.2, 0) is 14.8 Å². The minimum absolute atomic E-state index is 0.0103. The predicted molar refractivity (Wildman–Crippen MR) is 88.6 cm³/mol. The molecule has 2 heterocycles. The van der Waals surface area contributed by atoms with Gasteiger partial charge in [-0.05, 0) is 12.1 Å². The molecule has 0 fully saturated rings. The maximum absolute atomic E-state index is 12.5. The van der Waals surface area contributed by atoms with E-state index in [4.69, 9.17) is 5.11 Å². The molecule has 0 bridgehead atoms. The van der Waals surface area contributed by atoms with E-state index in [0.29, 0.717) is 15.6 Å². The van der Waals surface area contributed by atoms with Gasteiger partial charge in [-0.1, -0.05) is 23.5 Å². The minimum Gasteiger partial charge on any atom is -0.505 e. The number of aliphatic hydroxyl groups is 1. The van der Waals surface area contributed by atoms with Crippen molar-refractivity contribution in [3.63, 3.8) is 0 Å². The first-order valence-electron chi connectivity index (χ1n) is 6.75. The summed E-state index contributed by atoms with van der Waals surface area (Å²) in [4.78, 5) is 26.8. The third kappa shape index (κ3) is 2.72. The quantitative estimate of drug-likeness (QED) is 0.723. The number of aliphatic hydroxyl groups excluding tert-OH is 1. The van der Waals surface area contributed by atoms with Crippen LogP contribution in [0.4, 0.5) is 5.13 Å². The molecule has 1 aromatic carbocycles. The number of nitrogens with one attached hydrogen (secondary N) is 1. The molecule has 3 rings (SSSR count). The van der Waals surface area contributed by atoms with Crippen molar-refractivity contribution < 1.29 is 28.2 Å². The fourth-order valence-corrected chi connectivity index (χ4v) is 4.32. The van der Waals surface area contributed by atoms with Crippen molar-refractivity contribution in [3.05, 3.63) is 46.6 Å². The summed E-state index contributed by atoms with van der Waals surface area (Å²) >= 11 is 0.706. The second kappa shape index (κ2) is 5.86. The molecule has 3 N–H and O–H groups in total. The molecule has 0 atom stereocenters. The molecule has 0 saturated heterocycles. The number of benzene rings is 1. The number of aromatic nitrogens is 1. The summed E-state index contributed by atoms with van der Waals surface area (Å²) in [6, 6.07) is 5.75. The maximum atomic E-state index is 12.5. The highest BCUT2D eigenvalue weighted by Crippen LogP contribution is 2.34. The lowest BCUT2D eigenvalue weighted by molar-refractivity contribution is -0.113. The van der Waals surface area contributed by atoms with E-state index in [1.165, 1.54) is 24.3 Å². The van der Waals surface area contributed by atoms with E-state index in [2.05, 4.69) is 10.3 Å². The molecule has 0 spiro atoms. The molecule has 1 aromatic heterocycles. The maximum Gasteiger partial charge on any atom is 0.347 e. The summed E-state index contributed by atoms with van der Waals surface area (Å²) in [5.41, 5.74) is -0.470. The Morgan fingerprint density at radius 3 is 2.60 bits per heavy atom. The van der Waals surface area contributed by atoms with Crippen LogP contribution in [0, 0.1) is 0 Å². The molecule has 0 aliphatic carbocycles. The van der Waals surface area contributed by atoms with Crippen molar-refractivity contribution in [3.8, 4) is 0 Å². The van der Waals surface area contributed by atoms with Crippen LogP contribution in [0.3, 0.4) is 0 Å². The standard InChI is InChI=1S/C14H11N3O6S2/c1-17-10(12(19)16-14-15-6-8(24-14)13(20)21)11(18)7-4-2-3-5-9(7)25(17,22)23/h2-6,18H,1H3,(H,20,21)(H,15,16,19)/i2+1,3+1,4+1,5+1,7+1,9+1. The van der Waals surface area contributed by atoms with Crippen molar-refractivity contribution in [2.45, 2.75) is 4.90 Å². The average Bonchev–Trinajstić information content (AvgIpc) is 3.02. The number of fused-ring (bicyclic) bond motifs is 1. The molecule has 0 saturated carbocycles. The number of carboxylic acids is 1. The zero-order valence-electron chi connectivity index (χ0n) is 12.6. The monoisotopic (exact) mass is 387 g/mol. The highest BCUT2D eigenvalue weighted by molar-refractivity contribution is 7.89. The number of rotatable bonds is 3. The van der Waals surface area contributed by atoms with Gasteiger partial charge in [-0.3, -0.25) is 14.4 Å². The summed E-state index contributed by atoms with van der Waals surface area (Å²) in [6.45, 7) is 0. The Labute approximate surface area is 145 Å². The Hall–Kier alpha value is -2.92. The third-order valence-corrected chi connectivity index (χ3v) is 6.19. The number of anilines is 1. The molecule has 1 amide bonds. The minimum atomic E-state index is -4.00. The molecule has 0 radical (unpaired) electrons. The zero-order chi connectivity index (χ0) is 18.4. The summed E-state index contributed by atoms with van der Waals surface area (Å²) < 4.78 is 25.7. The van der Waals surface area contributed by atoms with E-state index in [-0.39, 0.29) is 20.5 Å². The van der Waals surface area contributed by atoms with Crippen LogP contribution in [0.1, 0.15) is 15.2 Å². The Morgan fingerprint density at radius 2 is 1.96 bits per heavy atom. The summed E-state index contributed by atoms with van der Waals surface area (Å²) in [5, 5.41) is 21.5. The van der Waals surface area contributed by atoms with Crippen LogP contribution < -0.4 is 5.32 Å². The number of aromatic carboxylic acids is 1. The van der Waals surface area contributed by atoms with Gasteiger partial charge in [0.15, 0.2) is 16.6 Å². The first-order chi connectivity index (χ1) is 11.7. The van der Waals surface area contributed by atoms with Crippen molar-refractivity contribution in [2.24, 2.45) is 0 Å². The Morgan fingerprint density at radius 1 is 1.28 bits per heavy atom. The Kier molecular flexibility index (Phi) is 3.97. The van der Waals surface area contributed by atoms with Gasteiger partial charge in [0.1, 0.15) is 4.88 Å². The van der Waals surface area contributed by atoms with Gasteiger partial charge in [-0.2, -0.15) is 0 Å². The molecule has 1 aliphatic rings. The normalized spacial score (nSPS) is 15.6. The lowest BCUT2D eigenvalue weighted by atomic mass is 10.4. The molecular weight excluding hydrogens is 376 g/mol. The number of sulfonamides is 1. The van der Waals surface area contributed by atoms with E-state index in [1.54, 1.807) is 0 Å². The first-order valence-corrected chi connectivity index (χ1v) is 9.01. The largest absolute Gasteiger partial charge is 0.505 e. The highest BCUT2D eigenvalue weighted by atomic mass is 32.2. The second-order valence-electron chi connectivity index (χ2n) is 4.95. The van der Waals surface area contributed by atoms with Gasteiger partial charge in [0.2, 0.25) is 0 Å². The fraction of sp³-hybridized carbons (Fsp3) is 0.0714. The van der Waals surface area contributed by atoms with Gasteiger partial charge in [-0.15, -0.1) is 0 Å². The predicted octanol–water partition coefficient (Wildman–Crippen LogP) is 1.34. The summed E-state index contributed by atoms with van der Waals surface area (Å²) in [6.07, 6.45) is 1.06. The number of hydrogen-bond acceptors (Lipinski definition) is 7. The Bertz CT molecular complexity index is 1020. The molecular formula is C14H11N3O6S2. The Balaban J connectivity index is 2.03. The SMILES string of the molecule is CN1C(C(=O)Nc2ncc(C(=O)O)s2)=C(O)[13c]2[13cH][13cH][13cH][13cH][13c]2S1(=O)=O. The van der Waals surface area contributed by atoms with Crippen LogP contribution in [-0.4, -0.2) is 46.8 Å². The molecule has 0 unspecified atom stereocenters. The van der Waals surface area contributed by atoms with Crippen molar-refractivity contribution in [1.82, 2.24) is 9.29 Å². The lowest BCUT2D eigenvalue weighted by Crippen LogP contribution is -2.37. The van der Waals surface area contributed by atoms with Gasteiger partial charge < -0.3 is 10.2 Å². The van der Waals surface area contributed by atoms with Gasteiger partial charge in [0, 0.05) is 12.6 Å². The molecule has 25 heavy (non-hydrogen) atoms. The molecule has 11 heteroatoms. The van der Waals surface area contributed by atoms with Gasteiger partial charge >= 0.3 is 5.97 Å². The first kappa shape index (κ1) is 16.9. The summed E-state index contributed by atoms with van der Waals surface area (Å²) in [7, 11) is -2.87.